The van der Waals surface area contributed by atoms with Gasteiger partial charge in [0, 0.05) is 46.6 Å². The molecular weight excluding hydrogens is 904 g/mol. The number of nitrogens with zero attached hydrogens (tertiary/aromatic N) is 4. The van der Waals surface area contributed by atoms with Crippen LogP contribution >= 0.6 is 0 Å². The molecule has 2 saturated heterocycles. The molecule has 6 atom stereocenters. The Bertz CT molecular complexity index is 3020. The highest BCUT2D eigenvalue weighted by Gasteiger charge is 2.61. The van der Waals surface area contributed by atoms with Crippen LogP contribution < -0.4 is 15.4 Å². The number of benzene rings is 3. The molecule has 29 heteroatoms. The van der Waals surface area contributed by atoms with E-state index in [0.29, 0.717) is 59.8 Å². The SMILES string of the molecule is [B]C([B])([B])C([B])([B])[C@]([B])(NC(=O)OC)C(=O)N1[C@@H](C)CC[C@H]1c1nc2c(ccc3cc4c(cc32)OCc2cc(-c3cnc([C@@H]5CC[C@H](C)N5C(=O)[C@@]([B])(NC(=O)OC)C([B])(C([B])([B])[B])C([B])([B])[B])[nH]3)ccc2-4)[nH]1. The number of alkyl carbamates (subject to hydrolysis) is 2. The normalized spacial score (nSPS) is 21.0. The summed E-state index contributed by atoms with van der Waals surface area (Å²) in [6.45, 7) is 3.78. The minimum absolute atomic E-state index is 0.215. The van der Waals surface area contributed by atoms with E-state index < -0.39 is 84.9 Å². The minimum atomic E-state index is -2.83. The lowest BCUT2D eigenvalue weighted by atomic mass is 9.11. The molecule has 0 saturated carbocycles. The molecular formula is C44H38B14N8O7. The maximum Gasteiger partial charge on any atom is 0.407 e. The Labute approximate surface area is 442 Å². The van der Waals surface area contributed by atoms with Crippen LogP contribution in [0, 0.1) is 0 Å². The molecule has 0 aliphatic carbocycles. The van der Waals surface area contributed by atoms with E-state index in [1.807, 2.05) is 42.5 Å². The number of H-pyrrole nitrogens is 2. The summed E-state index contributed by atoms with van der Waals surface area (Å²) in [5.74, 6) is -0.501. The number of amides is 4. The summed E-state index contributed by atoms with van der Waals surface area (Å²) in [5, 5.41) is -7.07. The standard InChI is InChI=1S/C44H38B14N8O7/c1-18-5-11-28(65(18)34(67)38(45,63-36(69)71-3)40(47,42(50,51)52)43(53,54)55)32-59-16-27(61-32)21-7-9-23-22(13-21)17-73-30-15-24-20(14-25(23)30)8-10-26-31(24)62-33(60-26)29-12-6-19(2)66(29)35(68)39(46,64-37(70)72-4)41(48,49)44(56,57)58/h7-10,13-16,18-19,28-29H,5-6,11-12,17H2,1-4H3,(H,59,61)(H,60,62)(H,63,69)(H,64,70)/t18-,19-,28-,29-,38+,39+/m0/s1. The van der Waals surface area contributed by atoms with E-state index >= 15 is 0 Å². The van der Waals surface area contributed by atoms with Gasteiger partial charge in [0.05, 0.1) is 131 Å². The number of carbonyl (C=O) groups excluding carboxylic acids is 4. The van der Waals surface area contributed by atoms with Crippen molar-refractivity contribution in [1.29, 1.82) is 0 Å². The number of ether oxygens (including phenoxy) is 3. The first-order valence-corrected chi connectivity index (χ1v) is 23.0. The second kappa shape index (κ2) is 18.6. The zero-order valence-corrected chi connectivity index (χ0v) is 40.7. The summed E-state index contributed by atoms with van der Waals surface area (Å²) in [5.41, 5.74) is -0.156. The molecule has 8 rings (SSSR count). The number of aromatic amines is 2. The third-order valence-electron chi connectivity index (χ3n) is 14.7. The summed E-state index contributed by atoms with van der Waals surface area (Å²) in [4.78, 5) is 73.7. The number of likely N-dealkylation sites (tertiary alicyclic amines) is 2. The van der Waals surface area contributed by atoms with Crippen LogP contribution in [-0.2, 0) is 25.7 Å². The van der Waals surface area contributed by atoms with Gasteiger partial charge in [0.1, 0.15) is 39.7 Å². The predicted octanol–water partition coefficient (Wildman–Crippen LogP) is 0.729. The number of hydrogen-bond donors (Lipinski definition) is 4. The Morgan fingerprint density at radius 3 is 1.79 bits per heavy atom. The number of imidazole rings is 2. The first-order chi connectivity index (χ1) is 33.8. The second-order valence-corrected chi connectivity index (χ2v) is 19.6. The molecule has 0 unspecified atom stereocenters. The van der Waals surface area contributed by atoms with Crippen LogP contribution in [0.15, 0.2) is 48.7 Å². The first-order valence-electron chi connectivity index (χ1n) is 23.0. The zero-order valence-electron chi connectivity index (χ0n) is 40.7. The van der Waals surface area contributed by atoms with Crippen molar-refractivity contribution in [3.8, 4) is 28.1 Å². The molecule has 338 valence electrons. The fourth-order valence-electron chi connectivity index (χ4n) is 10.4. The van der Waals surface area contributed by atoms with Gasteiger partial charge in [-0.3, -0.25) is 9.59 Å². The Morgan fingerprint density at radius 1 is 0.671 bits per heavy atom. The van der Waals surface area contributed by atoms with E-state index in [-0.39, 0.29) is 6.61 Å². The molecule has 15 nitrogen and oxygen atoms in total. The van der Waals surface area contributed by atoms with Crippen LogP contribution in [0.3, 0.4) is 0 Å². The van der Waals surface area contributed by atoms with E-state index in [9.17, 15) is 19.2 Å². The van der Waals surface area contributed by atoms with Crippen LogP contribution in [-0.4, -0.2) is 201 Å². The van der Waals surface area contributed by atoms with Crippen molar-refractivity contribution in [2.75, 3.05) is 14.2 Å². The van der Waals surface area contributed by atoms with Crippen molar-refractivity contribution in [2.45, 2.75) is 107 Å². The van der Waals surface area contributed by atoms with Gasteiger partial charge >= 0.3 is 12.2 Å². The van der Waals surface area contributed by atoms with Crippen LogP contribution in [0.4, 0.5) is 9.59 Å². The number of methoxy groups -OCH3 is 2. The zero-order chi connectivity index (χ0) is 53.8. The number of fused-ring (bicyclic) bond motifs is 6. The van der Waals surface area contributed by atoms with Gasteiger partial charge < -0.3 is 44.6 Å². The van der Waals surface area contributed by atoms with Crippen molar-refractivity contribution in [3.63, 3.8) is 0 Å². The Kier molecular flexibility index (Phi) is 13.7. The number of carbonyl (C=O) groups is 4. The van der Waals surface area contributed by atoms with E-state index in [1.165, 1.54) is 9.80 Å². The first kappa shape index (κ1) is 54.1. The summed E-state index contributed by atoms with van der Waals surface area (Å²) in [6.07, 6.45) is 1.17. The van der Waals surface area contributed by atoms with E-state index in [1.54, 1.807) is 20.0 Å². The Balaban J connectivity index is 1.08. The molecule has 3 aliphatic rings. The molecule has 3 aromatic carbocycles. The highest BCUT2D eigenvalue weighted by molar-refractivity contribution is 6.71. The average molecular weight is 942 g/mol. The van der Waals surface area contributed by atoms with Gasteiger partial charge in [-0.15, -0.1) is 15.3 Å². The van der Waals surface area contributed by atoms with Crippen molar-refractivity contribution < 1.29 is 33.4 Å². The summed E-state index contributed by atoms with van der Waals surface area (Å²) < 4.78 is 15.9. The van der Waals surface area contributed by atoms with Gasteiger partial charge in [0.2, 0.25) is 11.8 Å². The van der Waals surface area contributed by atoms with Gasteiger partial charge in [-0.25, -0.2) is 19.6 Å². The molecule has 3 aliphatic heterocycles. The molecule has 28 radical (unpaired) electrons. The van der Waals surface area contributed by atoms with Gasteiger partial charge in [-0.05, 0) is 85.9 Å². The summed E-state index contributed by atoms with van der Waals surface area (Å²) in [6, 6.07) is 11.3. The molecule has 5 aromatic rings. The van der Waals surface area contributed by atoms with Crippen molar-refractivity contribution in [3.05, 3.63) is 65.9 Å². The fourth-order valence-corrected chi connectivity index (χ4v) is 10.4. The van der Waals surface area contributed by atoms with E-state index in [2.05, 4.69) is 25.6 Å². The van der Waals surface area contributed by atoms with Crippen molar-refractivity contribution >= 4 is 156 Å². The second-order valence-electron chi connectivity index (χ2n) is 19.6. The quantitative estimate of drug-likeness (QED) is 0.131. The molecule has 2 fully saturated rings. The van der Waals surface area contributed by atoms with Gasteiger partial charge in [0.25, 0.3) is 0 Å². The topological polar surface area (TPSA) is 184 Å². The summed E-state index contributed by atoms with van der Waals surface area (Å²) in [7, 11) is 88.6. The number of hydrogen-bond acceptors (Lipinski definition) is 9. The third-order valence-corrected chi connectivity index (χ3v) is 14.7. The van der Waals surface area contributed by atoms with E-state index in [4.69, 9.17) is 129 Å². The number of rotatable bonds is 12. The molecule has 0 spiro atoms. The maximum absolute atomic E-state index is 14.8. The fraction of sp³-hybridized carbons (Fsp3) is 0.455. The number of nitrogens with one attached hydrogen (secondary N) is 4. The molecule has 73 heavy (non-hydrogen) atoms. The van der Waals surface area contributed by atoms with Gasteiger partial charge in [-0.2, -0.15) is 0 Å². The Morgan fingerprint density at radius 2 is 1.23 bits per heavy atom. The van der Waals surface area contributed by atoms with Gasteiger partial charge in [-0.1, -0.05) is 28.7 Å². The highest BCUT2D eigenvalue weighted by Crippen LogP contribution is 2.62. The monoisotopic (exact) mass is 944 g/mol. The largest absolute Gasteiger partial charge is 0.488 e. The van der Waals surface area contributed by atoms with Crippen LogP contribution in [0.2, 0.25) is 25.9 Å². The highest BCUT2D eigenvalue weighted by atomic mass is 16.5. The third kappa shape index (κ3) is 8.67. The van der Waals surface area contributed by atoms with Crippen molar-refractivity contribution in [1.82, 2.24) is 40.4 Å². The van der Waals surface area contributed by atoms with Crippen LogP contribution in [0.1, 0.15) is 68.8 Å². The molecule has 2 aromatic heterocycles. The lowest BCUT2D eigenvalue weighted by Gasteiger charge is -2.64. The predicted molar refractivity (Wildman–Crippen MR) is 288 cm³/mol. The lowest BCUT2D eigenvalue weighted by molar-refractivity contribution is -0.139. The average Bonchev–Trinajstić information content (AvgIpc) is 4.14. The maximum atomic E-state index is 14.8. The molecule has 4 N–H and O–H groups in total. The van der Waals surface area contributed by atoms with Crippen LogP contribution in [0.5, 0.6) is 5.75 Å². The molecule has 5 heterocycles. The van der Waals surface area contributed by atoms with Crippen LogP contribution in [0.25, 0.3) is 44.2 Å². The van der Waals surface area contributed by atoms with Gasteiger partial charge in [0.15, 0.2) is 0 Å². The Hall–Kier alpha value is -5.21. The minimum Gasteiger partial charge on any atom is -0.488 e. The summed E-state index contributed by atoms with van der Waals surface area (Å²) >= 11 is 0. The lowest BCUT2D eigenvalue weighted by Crippen LogP contribution is -2.72. The molecule has 4 amide bonds. The molecule has 0 bridgehead atoms. The van der Waals surface area contributed by atoms with Crippen molar-refractivity contribution in [2.24, 2.45) is 0 Å². The smallest absolute Gasteiger partial charge is 0.407 e. The van der Waals surface area contributed by atoms with E-state index in [0.717, 1.165) is 47.2 Å². The number of aromatic nitrogens is 4.